The topological polar surface area (TPSA) is 32.3 Å². The van der Waals surface area contributed by atoms with Crippen molar-refractivity contribution in [2.24, 2.45) is 0 Å². The number of halogens is 1. The Balaban J connectivity index is 2.47. The monoisotopic (exact) mass is 344 g/mol. The summed E-state index contributed by atoms with van der Waals surface area (Å²) in [4.78, 5) is 14.0. The molecule has 0 saturated carbocycles. The average Bonchev–Trinajstić information content (AvgIpc) is 2.46. The Morgan fingerprint density at radius 2 is 2.00 bits per heavy atom. The van der Waals surface area contributed by atoms with Gasteiger partial charge in [-0.05, 0) is 32.4 Å². The molecule has 0 aliphatic heterocycles. The Morgan fingerprint density at radius 1 is 1.38 bits per heavy atom. The van der Waals surface area contributed by atoms with E-state index in [1.165, 1.54) is 11.8 Å². The number of nitrogens with zero attached hydrogens (tertiary/aromatic N) is 1. The smallest absolute Gasteiger partial charge is 0.230 e. The molecule has 1 N–H and O–H groups in total. The summed E-state index contributed by atoms with van der Waals surface area (Å²) in [6.07, 6.45) is 0. The van der Waals surface area contributed by atoms with Crippen LogP contribution in [0.5, 0.6) is 0 Å². The van der Waals surface area contributed by atoms with Gasteiger partial charge >= 0.3 is 0 Å². The van der Waals surface area contributed by atoms with Crippen molar-refractivity contribution in [3.63, 3.8) is 0 Å². The van der Waals surface area contributed by atoms with Gasteiger partial charge in [-0.1, -0.05) is 53.8 Å². The molecule has 0 fully saturated rings. The summed E-state index contributed by atoms with van der Waals surface area (Å²) in [7, 11) is 0. The van der Waals surface area contributed by atoms with Gasteiger partial charge in [-0.2, -0.15) is 0 Å². The molecule has 1 rings (SSSR count). The van der Waals surface area contributed by atoms with Crippen LogP contribution < -0.4 is 5.32 Å². The second-order valence-corrected chi connectivity index (χ2v) is 6.55. The number of benzene rings is 1. The summed E-state index contributed by atoms with van der Waals surface area (Å²) < 4.78 is 0.764. The maximum absolute atomic E-state index is 12.0. The Labute approximate surface area is 141 Å². The van der Waals surface area contributed by atoms with Gasteiger partial charge in [0.05, 0.1) is 11.8 Å². The van der Waals surface area contributed by atoms with Gasteiger partial charge in [-0.15, -0.1) is 0 Å². The van der Waals surface area contributed by atoms with Crippen molar-refractivity contribution >= 4 is 45.8 Å². The fourth-order valence-electron chi connectivity index (χ4n) is 1.89. The first kappa shape index (κ1) is 18.3. The molecule has 6 heteroatoms. The lowest BCUT2D eigenvalue weighted by molar-refractivity contribution is -0.119. The first-order valence-electron chi connectivity index (χ1n) is 6.95. The fourth-order valence-corrected chi connectivity index (χ4v) is 3.40. The molecule has 0 bridgehead atoms. The molecular weight excluding hydrogens is 324 g/mol. The molecule has 116 valence electrons. The van der Waals surface area contributed by atoms with E-state index in [9.17, 15) is 4.79 Å². The maximum atomic E-state index is 12.0. The summed E-state index contributed by atoms with van der Waals surface area (Å²) in [5, 5.41) is 3.61. The highest BCUT2D eigenvalue weighted by Gasteiger charge is 2.14. The zero-order valence-corrected chi connectivity index (χ0v) is 14.9. The van der Waals surface area contributed by atoms with Crippen molar-refractivity contribution in [1.82, 2.24) is 10.2 Å². The first-order chi connectivity index (χ1) is 9.99. The molecule has 1 atom stereocenters. The van der Waals surface area contributed by atoms with Gasteiger partial charge in [-0.25, -0.2) is 0 Å². The highest BCUT2D eigenvalue weighted by molar-refractivity contribution is 8.23. The number of amides is 1. The number of carbonyl (C=O) groups is 1. The van der Waals surface area contributed by atoms with Crippen LogP contribution in [0.2, 0.25) is 5.02 Å². The van der Waals surface area contributed by atoms with Crippen molar-refractivity contribution < 1.29 is 4.79 Å². The predicted octanol–water partition coefficient (Wildman–Crippen LogP) is 3.88. The molecule has 0 aliphatic rings. The lowest BCUT2D eigenvalue weighted by Gasteiger charge is -2.21. The molecule has 21 heavy (non-hydrogen) atoms. The molecule has 0 saturated heterocycles. The minimum absolute atomic E-state index is 0.0399. The van der Waals surface area contributed by atoms with Crippen LogP contribution in [0.1, 0.15) is 32.4 Å². The van der Waals surface area contributed by atoms with E-state index in [1.54, 1.807) is 0 Å². The highest BCUT2D eigenvalue weighted by Crippen LogP contribution is 2.22. The van der Waals surface area contributed by atoms with Crippen LogP contribution in [0, 0.1) is 0 Å². The van der Waals surface area contributed by atoms with Crippen LogP contribution in [-0.2, 0) is 4.79 Å². The van der Waals surface area contributed by atoms with Crippen LogP contribution in [0.4, 0.5) is 0 Å². The largest absolute Gasteiger partial charge is 0.358 e. The Hall–Kier alpha value is -0.780. The molecule has 0 aromatic heterocycles. The average molecular weight is 345 g/mol. The van der Waals surface area contributed by atoms with E-state index < -0.39 is 0 Å². The quantitative estimate of drug-likeness (QED) is 0.794. The second kappa shape index (κ2) is 9.28. The van der Waals surface area contributed by atoms with Crippen LogP contribution >= 0.6 is 35.6 Å². The van der Waals surface area contributed by atoms with E-state index in [-0.39, 0.29) is 11.9 Å². The maximum Gasteiger partial charge on any atom is 0.230 e. The van der Waals surface area contributed by atoms with E-state index in [0.717, 1.165) is 23.0 Å². The van der Waals surface area contributed by atoms with E-state index in [2.05, 4.69) is 24.1 Å². The Kier molecular flexibility index (Phi) is 8.07. The number of carbonyl (C=O) groups excluding carboxylic acids is 1. The van der Waals surface area contributed by atoms with Gasteiger partial charge in [0.2, 0.25) is 5.91 Å². The molecule has 0 spiro atoms. The number of rotatable bonds is 6. The molecule has 1 amide bonds. The van der Waals surface area contributed by atoms with Crippen molar-refractivity contribution in [1.29, 1.82) is 0 Å². The Morgan fingerprint density at radius 3 is 2.57 bits per heavy atom. The van der Waals surface area contributed by atoms with Crippen LogP contribution in [-0.4, -0.2) is 34.0 Å². The standard InChI is InChI=1S/C15H21ClN2OS2/c1-4-18(5-2)15(20)21-10-14(19)17-11(3)12-8-6-7-9-13(12)16/h6-9,11H,4-5,10H2,1-3H3,(H,17,19). The van der Waals surface area contributed by atoms with Crippen LogP contribution in [0.3, 0.4) is 0 Å². The lowest BCUT2D eigenvalue weighted by Crippen LogP contribution is -2.31. The zero-order chi connectivity index (χ0) is 15.8. The summed E-state index contributed by atoms with van der Waals surface area (Å²) in [5.74, 6) is 0.284. The van der Waals surface area contributed by atoms with E-state index in [0.29, 0.717) is 10.8 Å². The zero-order valence-electron chi connectivity index (χ0n) is 12.6. The van der Waals surface area contributed by atoms with Gasteiger partial charge in [0, 0.05) is 18.1 Å². The number of thioether (sulfide) groups is 1. The van der Waals surface area contributed by atoms with Crippen molar-refractivity contribution in [3.8, 4) is 0 Å². The summed E-state index contributed by atoms with van der Waals surface area (Å²) in [5.41, 5.74) is 0.920. The lowest BCUT2D eigenvalue weighted by atomic mass is 10.1. The van der Waals surface area contributed by atoms with Crippen molar-refractivity contribution in [3.05, 3.63) is 34.9 Å². The van der Waals surface area contributed by atoms with Gasteiger partial charge in [-0.3, -0.25) is 4.79 Å². The minimum Gasteiger partial charge on any atom is -0.358 e. The molecule has 3 nitrogen and oxygen atoms in total. The summed E-state index contributed by atoms with van der Waals surface area (Å²) in [6, 6.07) is 7.41. The third kappa shape index (κ3) is 5.85. The molecule has 0 heterocycles. The number of nitrogens with one attached hydrogen (secondary N) is 1. The molecule has 0 radical (unpaired) electrons. The van der Waals surface area contributed by atoms with E-state index >= 15 is 0 Å². The number of hydrogen-bond acceptors (Lipinski definition) is 3. The van der Waals surface area contributed by atoms with Crippen LogP contribution in [0.15, 0.2) is 24.3 Å². The molecule has 0 aliphatic carbocycles. The van der Waals surface area contributed by atoms with E-state index in [1.807, 2.05) is 31.2 Å². The third-order valence-corrected chi connectivity index (χ3v) is 4.97. The number of hydrogen-bond donors (Lipinski definition) is 1. The number of thiocarbonyl (C=S) groups is 1. The van der Waals surface area contributed by atoms with Gasteiger partial charge < -0.3 is 10.2 Å². The minimum atomic E-state index is -0.117. The summed E-state index contributed by atoms with van der Waals surface area (Å²) >= 11 is 12.8. The molecule has 1 unspecified atom stereocenters. The van der Waals surface area contributed by atoms with Gasteiger partial charge in [0.1, 0.15) is 4.32 Å². The third-order valence-electron chi connectivity index (χ3n) is 3.10. The van der Waals surface area contributed by atoms with Gasteiger partial charge in [0.25, 0.3) is 0 Å². The molecule has 1 aromatic rings. The normalized spacial score (nSPS) is 11.8. The highest BCUT2D eigenvalue weighted by atomic mass is 35.5. The van der Waals surface area contributed by atoms with Crippen molar-refractivity contribution in [2.75, 3.05) is 18.8 Å². The first-order valence-corrected chi connectivity index (χ1v) is 8.72. The SMILES string of the molecule is CCN(CC)C(=S)SCC(=O)NC(C)c1ccccc1Cl. The van der Waals surface area contributed by atoms with E-state index in [4.69, 9.17) is 23.8 Å². The predicted molar refractivity (Wildman–Crippen MR) is 96.0 cm³/mol. The fraction of sp³-hybridized carbons (Fsp3) is 0.467. The van der Waals surface area contributed by atoms with Gasteiger partial charge in [0.15, 0.2) is 0 Å². The Bertz CT molecular complexity index is 492. The molecular formula is C15H21ClN2OS2. The summed E-state index contributed by atoms with van der Waals surface area (Å²) in [6.45, 7) is 7.75. The van der Waals surface area contributed by atoms with Crippen LogP contribution in [0.25, 0.3) is 0 Å². The second-order valence-electron chi connectivity index (χ2n) is 4.54. The molecule has 1 aromatic carbocycles. The van der Waals surface area contributed by atoms with Crippen molar-refractivity contribution in [2.45, 2.75) is 26.8 Å².